The molecule has 0 aliphatic carbocycles. The Labute approximate surface area is 121 Å². The van der Waals surface area contributed by atoms with E-state index in [1.807, 2.05) is 20.8 Å². The van der Waals surface area contributed by atoms with Crippen molar-refractivity contribution in [1.29, 1.82) is 0 Å². The third-order valence-electron chi connectivity index (χ3n) is 3.11. The molecule has 0 aliphatic heterocycles. The third-order valence-corrected chi connectivity index (χ3v) is 4.23. The Morgan fingerprint density at radius 1 is 1.53 bits per heavy atom. The van der Waals surface area contributed by atoms with Crippen LogP contribution < -0.4 is 0 Å². The molecule has 0 bridgehead atoms. The number of aryl methyl sites for hydroxylation is 2. The monoisotopic (exact) mass is 297 g/mol. The Hall–Kier alpha value is -1.33. The molecule has 1 N–H and O–H groups in total. The molecule has 19 heavy (non-hydrogen) atoms. The van der Waals surface area contributed by atoms with Crippen LogP contribution in [0.15, 0.2) is 12.3 Å². The van der Waals surface area contributed by atoms with Crippen LogP contribution >= 0.6 is 22.9 Å². The largest absolute Gasteiger partial charge is 0.356 e. The van der Waals surface area contributed by atoms with Crippen LogP contribution in [-0.4, -0.2) is 27.8 Å². The third kappa shape index (κ3) is 2.82. The summed E-state index contributed by atoms with van der Waals surface area (Å²) in [5.74, 6) is -0.0931. The van der Waals surface area contributed by atoms with Crippen molar-refractivity contribution in [2.24, 2.45) is 0 Å². The summed E-state index contributed by atoms with van der Waals surface area (Å²) in [6.07, 6.45) is 1.60. The molecule has 0 unspecified atom stereocenters. The normalized spacial score (nSPS) is 12.5. The molecule has 2 rings (SSSR count). The molecule has 6 heteroatoms. The van der Waals surface area contributed by atoms with Gasteiger partial charge in [-0.3, -0.25) is 4.79 Å². The smallest absolute Gasteiger partial charge is 0.270 e. The number of aromatic nitrogens is 2. The molecule has 2 heterocycles. The molecule has 102 valence electrons. The number of nitrogens with one attached hydrogen (secondary N) is 1. The van der Waals surface area contributed by atoms with Crippen LogP contribution in [0.3, 0.4) is 0 Å². The highest BCUT2D eigenvalue weighted by Crippen LogP contribution is 2.27. The van der Waals surface area contributed by atoms with Crippen LogP contribution in [0.25, 0.3) is 0 Å². The first-order chi connectivity index (χ1) is 8.90. The second kappa shape index (κ2) is 5.35. The van der Waals surface area contributed by atoms with Gasteiger partial charge in [-0.05, 0) is 26.8 Å². The van der Waals surface area contributed by atoms with Crippen LogP contribution in [0.2, 0.25) is 5.02 Å². The Morgan fingerprint density at radius 2 is 2.21 bits per heavy atom. The van der Waals surface area contributed by atoms with E-state index in [9.17, 15) is 4.79 Å². The molecule has 0 fully saturated rings. The summed E-state index contributed by atoms with van der Waals surface area (Å²) in [5, 5.41) is 1.55. The zero-order chi connectivity index (χ0) is 14.2. The molecule has 0 saturated heterocycles. The second-order valence-electron chi connectivity index (χ2n) is 4.50. The molecule has 0 aromatic carbocycles. The summed E-state index contributed by atoms with van der Waals surface area (Å²) in [4.78, 5) is 22.5. The van der Waals surface area contributed by atoms with Gasteiger partial charge in [-0.25, -0.2) is 4.98 Å². The fourth-order valence-electron chi connectivity index (χ4n) is 1.97. The molecule has 1 amide bonds. The minimum atomic E-state index is -0.0931. The fourth-order valence-corrected chi connectivity index (χ4v) is 3.04. The first-order valence-corrected chi connectivity index (χ1v) is 7.14. The number of aromatic amines is 1. The SMILES string of the molecule is Cc1nc([C@H](C)N(C)C(=O)c2cc(Cl)c[nH]2)c(C)s1. The molecule has 0 aliphatic rings. The van der Waals surface area contributed by atoms with Gasteiger partial charge < -0.3 is 9.88 Å². The van der Waals surface area contributed by atoms with E-state index >= 15 is 0 Å². The van der Waals surface area contributed by atoms with Gasteiger partial charge in [0.05, 0.1) is 21.8 Å². The summed E-state index contributed by atoms with van der Waals surface area (Å²) in [6.45, 7) is 5.98. The van der Waals surface area contributed by atoms with Gasteiger partial charge in [0, 0.05) is 18.1 Å². The van der Waals surface area contributed by atoms with Gasteiger partial charge >= 0.3 is 0 Å². The van der Waals surface area contributed by atoms with Crippen molar-refractivity contribution >= 4 is 28.8 Å². The fraction of sp³-hybridized carbons (Fsp3) is 0.385. The lowest BCUT2D eigenvalue weighted by molar-refractivity contribution is 0.0734. The highest BCUT2D eigenvalue weighted by Gasteiger charge is 2.23. The summed E-state index contributed by atoms with van der Waals surface area (Å²) in [7, 11) is 1.77. The van der Waals surface area contributed by atoms with Gasteiger partial charge in [0.25, 0.3) is 5.91 Å². The number of H-pyrrole nitrogens is 1. The zero-order valence-electron chi connectivity index (χ0n) is 11.3. The Morgan fingerprint density at radius 3 is 2.68 bits per heavy atom. The number of carbonyl (C=O) groups excluding carboxylic acids is 1. The molecule has 0 radical (unpaired) electrons. The maximum absolute atomic E-state index is 12.3. The molecule has 1 atom stereocenters. The quantitative estimate of drug-likeness (QED) is 0.941. The maximum Gasteiger partial charge on any atom is 0.270 e. The maximum atomic E-state index is 12.3. The van der Waals surface area contributed by atoms with Crippen LogP contribution in [-0.2, 0) is 0 Å². The number of carbonyl (C=O) groups is 1. The summed E-state index contributed by atoms with van der Waals surface area (Å²) in [6, 6.07) is 1.56. The highest BCUT2D eigenvalue weighted by atomic mass is 35.5. The predicted octanol–water partition coefficient (Wildman–Crippen LogP) is 3.57. The lowest BCUT2D eigenvalue weighted by atomic mass is 10.2. The van der Waals surface area contributed by atoms with Crippen molar-refractivity contribution in [3.05, 3.63) is 38.6 Å². The van der Waals surface area contributed by atoms with Crippen LogP contribution in [0.1, 0.15) is 39.0 Å². The minimum absolute atomic E-state index is 0.0699. The number of thiazole rings is 1. The topological polar surface area (TPSA) is 49.0 Å². The zero-order valence-corrected chi connectivity index (χ0v) is 12.9. The molecule has 0 saturated carbocycles. The molecular weight excluding hydrogens is 282 g/mol. The van der Waals surface area contributed by atoms with Crippen molar-refractivity contribution in [1.82, 2.24) is 14.9 Å². The first-order valence-electron chi connectivity index (χ1n) is 5.95. The molecular formula is C13H16ClN3OS. The van der Waals surface area contributed by atoms with Crippen molar-refractivity contribution in [3.8, 4) is 0 Å². The highest BCUT2D eigenvalue weighted by molar-refractivity contribution is 7.11. The average molecular weight is 298 g/mol. The number of amides is 1. The number of rotatable bonds is 3. The molecule has 2 aromatic rings. The van der Waals surface area contributed by atoms with E-state index in [2.05, 4.69) is 9.97 Å². The van der Waals surface area contributed by atoms with E-state index in [-0.39, 0.29) is 11.9 Å². The number of hydrogen-bond donors (Lipinski definition) is 1. The van der Waals surface area contributed by atoms with Gasteiger partial charge in [0.1, 0.15) is 5.69 Å². The van der Waals surface area contributed by atoms with Crippen molar-refractivity contribution in [2.75, 3.05) is 7.05 Å². The van der Waals surface area contributed by atoms with Crippen LogP contribution in [0.5, 0.6) is 0 Å². The Bertz CT molecular complexity index is 605. The van der Waals surface area contributed by atoms with Crippen molar-refractivity contribution < 1.29 is 4.79 Å². The lowest BCUT2D eigenvalue weighted by Gasteiger charge is -2.23. The summed E-state index contributed by atoms with van der Waals surface area (Å²) < 4.78 is 0. The van der Waals surface area contributed by atoms with Gasteiger partial charge in [0.2, 0.25) is 0 Å². The van der Waals surface area contributed by atoms with Gasteiger partial charge in [0.15, 0.2) is 0 Å². The van der Waals surface area contributed by atoms with Crippen molar-refractivity contribution in [3.63, 3.8) is 0 Å². The summed E-state index contributed by atoms with van der Waals surface area (Å²) >= 11 is 7.47. The van der Waals surface area contributed by atoms with Gasteiger partial charge in [-0.2, -0.15) is 0 Å². The molecule has 4 nitrogen and oxygen atoms in total. The Balaban J connectivity index is 2.21. The average Bonchev–Trinajstić information content (AvgIpc) is 2.92. The van der Waals surface area contributed by atoms with E-state index in [4.69, 9.17) is 11.6 Å². The summed E-state index contributed by atoms with van der Waals surface area (Å²) in [5.41, 5.74) is 1.44. The minimum Gasteiger partial charge on any atom is -0.356 e. The van der Waals surface area contributed by atoms with Gasteiger partial charge in [-0.15, -0.1) is 11.3 Å². The van der Waals surface area contributed by atoms with Crippen LogP contribution in [0, 0.1) is 13.8 Å². The van der Waals surface area contributed by atoms with Crippen LogP contribution in [0.4, 0.5) is 0 Å². The number of hydrogen-bond acceptors (Lipinski definition) is 3. The van der Waals surface area contributed by atoms with E-state index in [0.29, 0.717) is 10.7 Å². The number of halogens is 1. The van der Waals surface area contributed by atoms with E-state index in [0.717, 1.165) is 15.6 Å². The molecule has 2 aromatic heterocycles. The standard InChI is InChI=1S/C13H16ClN3OS/c1-7(12-8(2)19-9(3)16-12)17(4)13(18)11-5-10(14)6-15-11/h5-7,15H,1-4H3/t7-/m0/s1. The van der Waals surface area contributed by atoms with E-state index in [1.165, 1.54) is 0 Å². The molecule has 0 spiro atoms. The lowest BCUT2D eigenvalue weighted by Crippen LogP contribution is -2.30. The Kier molecular flexibility index (Phi) is 3.96. The van der Waals surface area contributed by atoms with E-state index < -0.39 is 0 Å². The predicted molar refractivity (Wildman–Crippen MR) is 77.9 cm³/mol. The number of nitrogens with zero attached hydrogens (tertiary/aromatic N) is 2. The first kappa shape index (κ1) is 14.1. The van der Waals surface area contributed by atoms with Gasteiger partial charge in [-0.1, -0.05) is 11.6 Å². The van der Waals surface area contributed by atoms with E-state index in [1.54, 1.807) is 35.5 Å². The van der Waals surface area contributed by atoms with Crippen molar-refractivity contribution in [2.45, 2.75) is 26.8 Å². The second-order valence-corrected chi connectivity index (χ2v) is 6.34.